The van der Waals surface area contributed by atoms with Crippen LogP contribution in [0.15, 0.2) is 47.7 Å². The molecule has 0 amide bonds. The van der Waals surface area contributed by atoms with Gasteiger partial charge in [-0.1, -0.05) is 30.3 Å². The minimum absolute atomic E-state index is 0.489. The SMILES string of the molecule is CCNC(=NCCC(C)N(C)Cc1ccccc1)N1CCC(c2cnn(C)c2)C1. The first kappa shape index (κ1) is 21.4. The second kappa shape index (κ2) is 10.4. The zero-order valence-electron chi connectivity index (χ0n) is 18.4. The Balaban J connectivity index is 1.51. The summed E-state index contributed by atoms with van der Waals surface area (Å²) < 4.78 is 1.89. The maximum absolute atomic E-state index is 4.94. The van der Waals surface area contributed by atoms with Crippen molar-refractivity contribution in [3.05, 3.63) is 53.9 Å². The van der Waals surface area contributed by atoms with Crippen molar-refractivity contribution in [3.8, 4) is 0 Å². The Morgan fingerprint density at radius 2 is 2.14 bits per heavy atom. The number of hydrogen-bond donors (Lipinski definition) is 1. The fraction of sp³-hybridized carbons (Fsp3) is 0.565. The molecule has 158 valence electrons. The molecule has 1 fully saturated rings. The molecule has 29 heavy (non-hydrogen) atoms. The summed E-state index contributed by atoms with van der Waals surface area (Å²) in [5, 5.41) is 7.82. The zero-order chi connectivity index (χ0) is 20.6. The van der Waals surface area contributed by atoms with Crippen LogP contribution < -0.4 is 5.32 Å². The van der Waals surface area contributed by atoms with E-state index in [0.717, 1.165) is 51.5 Å². The molecule has 1 aromatic carbocycles. The summed E-state index contributed by atoms with van der Waals surface area (Å²) in [6.45, 7) is 9.22. The van der Waals surface area contributed by atoms with Crippen LogP contribution >= 0.6 is 0 Å². The minimum atomic E-state index is 0.489. The van der Waals surface area contributed by atoms with E-state index < -0.39 is 0 Å². The Bertz CT molecular complexity index is 769. The predicted molar refractivity (Wildman–Crippen MR) is 120 cm³/mol. The second-order valence-corrected chi connectivity index (χ2v) is 8.15. The van der Waals surface area contributed by atoms with E-state index in [1.165, 1.54) is 11.1 Å². The largest absolute Gasteiger partial charge is 0.357 e. The molecule has 0 aliphatic carbocycles. The van der Waals surface area contributed by atoms with Gasteiger partial charge >= 0.3 is 0 Å². The number of guanidine groups is 1. The number of aromatic nitrogens is 2. The van der Waals surface area contributed by atoms with E-state index in [9.17, 15) is 0 Å². The number of aryl methyl sites for hydroxylation is 1. The molecule has 6 heteroatoms. The third kappa shape index (κ3) is 6.07. The lowest BCUT2D eigenvalue weighted by Crippen LogP contribution is -2.40. The van der Waals surface area contributed by atoms with Crippen LogP contribution in [0.25, 0.3) is 0 Å². The van der Waals surface area contributed by atoms with Gasteiger partial charge in [0.1, 0.15) is 0 Å². The van der Waals surface area contributed by atoms with E-state index in [1.54, 1.807) is 0 Å². The van der Waals surface area contributed by atoms with Crippen molar-refractivity contribution >= 4 is 5.96 Å². The van der Waals surface area contributed by atoms with E-state index in [0.29, 0.717) is 12.0 Å². The van der Waals surface area contributed by atoms with Gasteiger partial charge in [0.2, 0.25) is 0 Å². The number of nitrogens with zero attached hydrogens (tertiary/aromatic N) is 5. The van der Waals surface area contributed by atoms with E-state index >= 15 is 0 Å². The van der Waals surface area contributed by atoms with E-state index in [1.807, 2.05) is 17.9 Å². The fourth-order valence-electron chi connectivity index (χ4n) is 3.91. The van der Waals surface area contributed by atoms with E-state index in [-0.39, 0.29) is 0 Å². The molecule has 0 bridgehead atoms. The predicted octanol–water partition coefficient (Wildman–Crippen LogP) is 3.09. The monoisotopic (exact) mass is 396 g/mol. The Kier molecular flexibility index (Phi) is 7.69. The highest BCUT2D eigenvalue weighted by atomic mass is 15.3. The molecule has 1 aromatic heterocycles. The molecule has 0 spiro atoms. The Hall–Kier alpha value is -2.34. The molecule has 2 atom stereocenters. The number of rotatable bonds is 8. The Morgan fingerprint density at radius 1 is 1.34 bits per heavy atom. The van der Waals surface area contributed by atoms with Crippen LogP contribution in [-0.2, 0) is 13.6 Å². The molecule has 1 aliphatic heterocycles. The smallest absolute Gasteiger partial charge is 0.193 e. The molecule has 1 aliphatic rings. The summed E-state index contributed by atoms with van der Waals surface area (Å²) >= 11 is 0. The molecule has 2 unspecified atom stereocenters. The third-order valence-electron chi connectivity index (χ3n) is 5.85. The van der Waals surface area contributed by atoms with Crippen LogP contribution in [0.2, 0.25) is 0 Å². The molecule has 2 aromatic rings. The standard InChI is InChI=1S/C23H36N6/c1-5-24-23(29-14-12-21(18-29)22-15-26-28(4)17-22)25-13-11-19(2)27(3)16-20-9-7-6-8-10-20/h6-10,15,17,19,21H,5,11-14,16,18H2,1-4H3,(H,24,25). The third-order valence-corrected chi connectivity index (χ3v) is 5.85. The van der Waals surface area contributed by atoms with Gasteiger partial charge in [-0.05, 0) is 44.9 Å². The van der Waals surface area contributed by atoms with Crippen LogP contribution in [0.1, 0.15) is 43.7 Å². The zero-order valence-corrected chi connectivity index (χ0v) is 18.4. The molecule has 2 heterocycles. The quantitative estimate of drug-likeness (QED) is 0.550. The molecule has 1 saturated heterocycles. The summed E-state index contributed by atoms with van der Waals surface area (Å²) in [5.74, 6) is 1.60. The highest BCUT2D eigenvalue weighted by Gasteiger charge is 2.26. The van der Waals surface area contributed by atoms with Gasteiger partial charge in [-0.15, -0.1) is 0 Å². The maximum atomic E-state index is 4.94. The first-order chi connectivity index (χ1) is 14.1. The van der Waals surface area contributed by atoms with Gasteiger partial charge in [-0.3, -0.25) is 14.6 Å². The Labute approximate surface area is 175 Å². The lowest BCUT2D eigenvalue weighted by molar-refractivity contribution is 0.240. The molecule has 0 radical (unpaired) electrons. The topological polar surface area (TPSA) is 48.7 Å². The first-order valence-electron chi connectivity index (χ1n) is 10.8. The van der Waals surface area contributed by atoms with Gasteiger partial charge in [0.15, 0.2) is 5.96 Å². The van der Waals surface area contributed by atoms with Gasteiger partial charge < -0.3 is 10.2 Å². The van der Waals surface area contributed by atoms with Gasteiger partial charge in [0.25, 0.3) is 0 Å². The molecule has 1 N–H and O–H groups in total. The number of aliphatic imine (C=N–C) groups is 1. The van der Waals surface area contributed by atoms with E-state index in [2.05, 4.69) is 77.6 Å². The fourth-order valence-corrected chi connectivity index (χ4v) is 3.91. The van der Waals surface area contributed by atoms with Crippen molar-refractivity contribution in [1.29, 1.82) is 0 Å². The number of hydrogen-bond acceptors (Lipinski definition) is 3. The minimum Gasteiger partial charge on any atom is -0.357 e. The summed E-state index contributed by atoms with van der Waals surface area (Å²) in [4.78, 5) is 9.75. The van der Waals surface area contributed by atoms with Crippen molar-refractivity contribution in [2.75, 3.05) is 33.2 Å². The number of nitrogens with one attached hydrogen (secondary N) is 1. The van der Waals surface area contributed by atoms with Crippen molar-refractivity contribution in [1.82, 2.24) is 24.9 Å². The highest BCUT2D eigenvalue weighted by Crippen LogP contribution is 2.26. The lowest BCUT2D eigenvalue weighted by atomic mass is 10.0. The van der Waals surface area contributed by atoms with Crippen molar-refractivity contribution in [2.45, 2.75) is 45.2 Å². The van der Waals surface area contributed by atoms with Gasteiger partial charge in [0.05, 0.1) is 6.20 Å². The summed E-state index contributed by atoms with van der Waals surface area (Å²) in [6.07, 6.45) is 6.36. The normalized spacial score (nSPS) is 18.4. The number of benzene rings is 1. The maximum Gasteiger partial charge on any atom is 0.193 e. The van der Waals surface area contributed by atoms with Crippen molar-refractivity contribution < 1.29 is 0 Å². The van der Waals surface area contributed by atoms with Gasteiger partial charge in [-0.2, -0.15) is 5.10 Å². The Morgan fingerprint density at radius 3 is 2.83 bits per heavy atom. The molecular formula is C23H36N6. The second-order valence-electron chi connectivity index (χ2n) is 8.15. The average Bonchev–Trinajstić information content (AvgIpc) is 3.37. The summed E-state index contributed by atoms with van der Waals surface area (Å²) in [7, 11) is 4.18. The molecule has 3 rings (SSSR count). The number of likely N-dealkylation sites (tertiary alicyclic amines) is 1. The van der Waals surface area contributed by atoms with Crippen LogP contribution in [0, 0.1) is 0 Å². The van der Waals surface area contributed by atoms with Crippen LogP contribution in [0.3, 0.4) is 0 Å². The molecule has 6 nitrogen and oxygen atoms in total. The van der Waals surface area contributed by atoms with Gasteiger partial charge in [-0.25, -0.2) is 0 Å². The van der Waals surface area contributed by atoms with Crippen LogP contribution in [0.5, 0.6) is 0 Å². The van der Waals surface area contributed by atoms with Crippen molar-refractivity contribution in [2.24, 2.45) is 12.0 Å². The first-order valence-corrected chi connectivity index (χ1v) is 10.8. The summed E-state index contributed by atoms with van der Waals surface area (Å²) in [6, 6.07) is 11.2. The average molecular weight is 397 g/mol. The summed E-state index contributed by atoms with van der Waals surface area (Å²) in [5.41, 5.74) is 2.69. The van der Waals surface area contributed by atoms with Crippen LogP contribution in [-0.4, -0.2) is 64.8 Å². The lowest BCUT2D eigenvalue weighted by Gasteiger charge is -2.25. The highest BCUT2D eigenvalue weighted by molar-refractivity contribution is 5.80. The molecular weight excluding hydrogens is 360 g/mol. The van der Waals surface area contributed by atoms with Crippen molar-refractivity contribution in [3.63, 3.8) is 0 Å². The van der Waals surface area contributed by atoms with Crippen LogP contribution in [0.4, 0.5) is 0 Å². The molecule has 0 saturated carbocycles. The van der Waals surface area contributed by atoms with E-state index in [4.69, 9.17) is 4.99 Å². The van der Waals surface area contributed by atoms with Gasteiger partial charge in [0, 0.05) is 57.9 Å².